The Morgan fingerprint density at radius 1 is 0.846 bits per heavy atom. The minimum atomic E-state index is -0.889. The summed E-state index contributed by atoms with van der Waals surface area (Å²) >= 11 is 0. The number of para-hydroxylation sites is 1. The van der Waals surface area contributed by atoms with Gasteiger partial charge in [0.2, 0.25) is 0 Å². The largest absolute Gasteiger partial charge is 0.513 e. The van der Waals surface area contributed by atoms with Gasteiger partial charge < -0.3 is 29.6 Å². The van der Waals surface area contributed by atoms with Gasteiger partial charge in [-0.2, -0.15) is 0 Å². The third kappa shape index (κ3) is 6.78. The lowest BCUT2D eigenvalue weighted by Gasteiger charge is -2.31. The second kappa shape index (κ2) is 12.7. The van der Waals surface area contributed by atoms with Crippen LogP contribution < -0.4 is 15.4 Å². The van der Waals surface area contributed by atoms with E-state index >= 15 is 0 Å². The lowest BCUT2D eigenvalue weighted by molar-refractivity contribution is 0.0885. The van der Waals surface area contributed by atoms with Gasteiger partial charge in [-0.3, -0.25) is 0 Å². The highest BCUT2D eigenvalue weighted by Crippen LogP contribution is 2.43. The van der Waals surface area contributed by atoms with Gasteiger partial charge in [-0.25, -0.2) is 9.59 Å². The summed E-state index contributed by atoms with van der Waals surface area (Å²) in [6, 6.07) is 26.4. The Labute approximate surface area is 228 Å². The number of dihydropyridines is 1. The standard InChI is InChI=1S/C31H32N2O6/c1-20(24-15-9-6-10-16-24)33-30(34)38-28-21(2)32-22(3)29(39-31(35)36-4)27(28)25-17-11-12-18-26(25)37-19-23-13-7-5-8-14-23/h5-18,20,27,32H,19H2,1-4H3,(H,33,34)/t20-,27?/m1/s1. The Bertz CT molecular complexity index is 1370. The average molecular weight is 529 g/mol. The molecule has 1 heterocycles. The van der Waals surface area contributed by atoms with Crippen LogP contribution in [-0.2, 0) is 20.8 Å². The molecule has 39 heavy (non-hydrogen) atoms. The second-order valence-corrected chi connectivity index (χ2v) is 9.07. The van der Waals surface area contributed by atoms with Gasteiger partial charge >= 0.3 is 12.2 Å². The first-order valence-corrected chi connectivity index (χ1v) is 12.6. The first kappa shape index (κ1) is 27.3. The number of allylic oxidation sites excluding steroid dienone is 2. The van der Waals surface area contributed by atoms with Gasteiger partial charge in [-0.1, -0.05) is 78.9 Å². The van der Waals surface area contributed by atoms with E-state index in [1.54, 1.807) is 13.8 Å². The van der Waals surface area contributed by atoms with Crippen molar-refractivity contribution in [2.75, 3.05) is 7.11 Å². The van der Waals surface area contributed by atoms with Crippen LogP contribution in [0.4, 0.5) is 9.59 Å². The maximum absolute atomic E-state index is 13.1. The number of benzene rings is 3. The van der Waals surface area contributed by atoms with Crippen molar-refractivity contribution in [3.63, 3.8) is 0 Å². The molecule has 2 atom stereocenters. The van der Waals surface area contributed by atoms with Crippen molar-refractivity contribution in [3.05, 3.63) is 125 Å². The number of hydrogen-bond acceptors (Lipinski definition) is 7. The summed E-state index contributed by atoms with van der Waals surface area (Å²) in [5.41, 5.74) is 3.75. The number of hydrogen-bond donors (Lipinski definition) is 2. The first-order valence-electron chi connectivity index (χ1n) is 12.6. The van der Waals surface area contributed by atoms with Crippen molar-refractivity contribution in [2.24, 2.45) is 0 Å². The minimum absolute atomic E-state index is 0.238. The molecule has 0 fully saturated rings. The second-order valence-electron chi connectivity index (χ2n) is 9.07. The third-order valence-corrected chi connectivity index (χ3v) is 6.30. The third-order valence-electron chi connectivity index (χ3n) is 6.30. The molecule has 0 bridgehead atoms. The topological polar surface area (TPSA) is 95.1 Å². The van der Waals surface area contributed by atoms with Gasteiger partial charge in [-0.05, 0) is 38.0 Å². The van der Waals surface area contributed by atoms with Gasteiger partial charge in [0.15, 0.2) is 0 Å². The van der Waals surface area contributed by atoms with Crippen molar-refractivity contribution >= 4 is 12.2 Å². The van der Waals surface area contributed by atoms with E-state index in [1.165, 1.54) is 7.11 Å². The molecule has 8 nitrogen and oxygen atoms in total. The number of methoxy groups -OCH3 is 1. The molecule has 8 heteroatoms. The van der Waals surface area contributed by atoms with Gasteiger partial charge in [-0.15, -0.1) is 0 Å². The van der Waals surface area contributed by atoms with Crippen LogP contribution >= 0.6 is 0 Å². The molecule has 1 aliphatic heterocycles. The molecule has 0 saturated heterocycles. The van der Waals surface area contributed by atoms with E-state index in [4.69, 9.17) is 18.9 Å². The Kier molecular flexibility index (Phi) is 8.89. The normalized spacial score (nSPS) is 15.6. The summed E-state index contributed by atoms with van der Waals surface area (Å²) in [5.74, 6) is 0.296. The fraction of sp³-hybridized carbons (Fsp3) is 0.226. The van der Waals surface area contributed by atoms with Crippen LogP contribution in [0.2, 0.25) is 0 Å². The number of carbonyl (C=O) groups is 2. The van der Waals surface area contributed by atoms with Crippen LogP contribution in [0, 0.1) is 0 Å². The maximum atomic E-state index is 13.1. The smallest absolute Gasteiger partial charge is 0.489 e. The SMILES string of the molecule is COC(=O)OC1=C(C)NC(C)=C(OC(=O)N[C@H](C)c2ccccc2)C1c1ccccc1OCc1ccccc1. The lowest BCUT2D eigenvalue weighted by Crippen LogP contribution is -2.33. The Morgan fingerprint density at radius 2 is 1.44 bits per heavy atom. The van der Waals surface area contributed by atoms with Crippen LogP contribution in [0.5, 0.6) is 5.75 Å². The summed E-state index contributed by atoms with van der Waals surface area (Å²) in [6.07, 6.45) is -1.54. The number of nitrogens with one attached hydrogen (secondary N) is 2. The maximum Gasteiger partial charge on any atom is 0.513 e. The van der Waals surface area contributed by atoms with Crippen molar-refractivity contribution in [2.45, 2.75) is 39.3 Å². The highest BCUT2D eigenvalue weighted by Gasteiger charge is 2.37. The zero-order chi connectivity index (χ0) is 27.8. The van der Waals surface area contributed by atoms with E-state index in [0.29, 0.717) is 29.3 Å². The monoisotopic (exact) mass is 528 g/mol. The molecule has 3 aromatic rings. The summed E-state index contributed by atoms with van der Waals surface area (Å²) in [7, 11) is 1.23. The summed E-state index contributed by atoms with van der Waals surface area (Å²) in [5, 5.41) is 6.03. The molecule has 1 amide bonds. The first-order chi connectivity index (χ1) is 18.9. The van der Waals surface area contributed by atoms with Gasteiger partial charge in [0.1, 0.15) is 29.8 Å². The lowest BCUT2D eigenvalue weighted by atomic mass is 9.90. The van der Waals surface area contributed by atoms with Gasteiger partial charge in [0.25, 0.3) is 0 Å². The van der Waals surface area contributed by atoms with Crippen molar-refractivity contribution < 1.29 is 28.5 Å². The molecule has 0 saturated carbocycles. The Balaban J connectivity index is 1.67. The molecule has 0 radical (unpaired) electrons. The van der Waals surface area contributed by atoms with E-state index in [2.05, 4.69) is 10.6 Å². The minimum Gasteiger partial charge on any atom is -0.489 e. The van der Waals surface area contributed by atoms with Crippen molar-refractivity contribution in [3.8, 4) is 5.75 Å². The molecule has 3 aromatic carbocycles. The number of carbonyl (C=O) groups excluding carboxylic acids is 2. The van der Waals surface area contributed by atoms with E-state index in [9.17, 15) is 9.59 Å². The summed E-state index contributed by atoms with van der Waals surface area (Å²) < 4.78 is 22.5. The summed E-state index contributed by atoms with van der Waals surface area (Å²) in [6.45, 7) is 5.77. The van der Waals surface area contributed by atoms with E-state index in [-0.39, 0.29) is 17.6 Å². The zero-order valence-electron chi connectivity index (χ0n) is 22.4. The van der Waals surface area contributed by atoms with Crippen LogP contribution in [0.3, 0.4) is 0 Å². The number of alkyl carbamates (subject to hydrolysis) is 1. The highest BCUT2D eigenvalue weighted by molar-refractivity contribution is 5.70. The zero-order valence-corrected chi connectivity index (χ0v) is 22.4. The summed E-state index contributed by atoms with van der Waals surface area (Å²) in [4.78, 5) is 25.3. The molecule has 1 unspecified atom stereocenters. The van der Waals surface area contributed by atoms with Crippen LogP contribution in [0.15, 0.2) is 108 Å². The average Bonchev–Trinajstić information content (AvgIpc) is 2.95. The van der Waals surface area contributed by atoms with Crippen LogP contribution in [-0.4, -0.2) is 19.4 Å². The van der Waals surface area contributed by atoms with E-state index in [1.807, 2.05) is 91.9 Å². The predicted octanol–water partition coefficient (Wildman–Crippen LogP) is 6.69. The number of ether oxygens (including phenoxy) is 4. The van der Waals surface area contributed by atoms with Crippen LogP contribution in [0.1, 0.15) is 49.4 Å². The molecular weight excluding hydrogens is 496 g/mol. The number of amides is 1. The van der Waals surface area contributed by atoms with Crippen LogP contribution in [0.25, 0.3) is 0 Å². The molecule has 0 aliphatic carbocycles. The fourth-order valence-corrected chi connectivity index (χ4v) is 4.36. The number of rotatable bonds is 8. The van der Waals surface area contributed by atoms with Gasteiger partial charge in [0.05, 0.1) is 24.5 Å². The molecule has 202 valence electrons. The quantitative estimate of drug-likeness (QED) is 0.315. The molecule has 1 aliphatic rings. The molecule has 4 rings (SSSR count). The predicted molar refractivity (Wildman–Crippen MR) is 146 cm³/mol. The fourth-order valence-electron chi connectivity index (χ4n) is 4.36. The Hall–Kier alpha value is -4.72. The molecule has 2 N–H and O–H groups in total. The Morgan fingerprint density at radius 3 is 2.10 bits per heavy atom. The van der Waals surface area contributed by atoms with Gasteiger partial charge in [0, 0.05) is 5.56 Å². The van der Waals surface area contributed by atoms with E-state index in [0.717, 1.165) is 11.1 Å². The molecular formula is C31H32N2O6. The van der Waals surface area contributed by atoms with Crippen molar-refractivity contribution in [1.29, 1.82) is 0 Å². The molecule has 0 spiro atoms. The van der Waals surface area contributed by atoms with E-state index < -0.39 is 18.2 Å². The highest BCUT2D eigenvalue weighted by atomic mass is 16.7. The molecule has 0 aromatic heterocycles. The van der Waals surface area contributed by atoms with Crippen molar-refractivity contribution in [1.82, 2.24) is 10.6 Å².